The molecule has 0 aromatic heterocycles. The van der Waals surface area contributed by atoms with Gasteiger partial charge in [0.25, 0.3) is 23.6 Å². The second-order valence-corrected chi connectivity index (χ2v) is 27.3. The topological polar surface area (TPSA) is 246 Å². The van der Waals surface area contributed by atoms with Gasteiger partial charge in [-0.1, -0.05) is 158 Å². The number of fused-ring (bicyclic) bond motifs is 2. The van der Waals surface area contributed by atoms with Crippen molar-refractivity contribution >= 4 is 66.7 Å². The van der Waals surface area contributed by atoms with Crippen LogP contribution >= 0.6 is 0 Å². The van der Waals surface area contributed by atoms with Crippen LogP contribution in [0.4, 0.5) is 0 Å². The monoisotopic (exact) mass is 1370 g/mol. The lowest BCUT2D eigenvalue weighted by Gasteiger charge is -2.33. The number of unbranched alkanes of at least 4 members (excludes halogenated alkanes) is 14. The summed E-state index contributed by atoms with van der Waals surface area (Å²) in [5.41, 5.74) is 30.2. The zero-order valence-corrected chi connectivity index (χ0v) is 58.9. The van der Waals surface area contributed by atoms with E-state index in [0.29, 0.717) is 104 Å². The molecule has 102 heavy (non-hydrogen) atoms. The van der Waals surface area contributed by atoms with E-state index in [0.717, 1.165) is 125 Å². The predicted octanol–water partition coefficient (Wildman–Crippen LogP) is 19.2. The van der Waals surface area contributed by atoms with Crippen LogP contribution in [-0.4, -0.2) is 107 Å². The van der Waals surface area contributed by atoms with E-state index in [-0.39, 0.29) is 58.3 Å². The van der Waals surface area contributed by atoms with Crippen molar-refractivity contribution in [3.05, 3.63) is 211 Å². The molecule has 2 N–H and O–H groups in total. The minimum absolute atomic E-state index is 0.0759. The van der Waals surface area contributed by atoms with Crippen LogP contribution < -0.4 is 30.0 Å². The van der Waals surface area contributed by atoms with Gasteiger partial charge >= 0.3 is 0 Å². The molecule has 9 aromatic rings. The van der Waals surface area contributed by atoms with E-state index in [4.69, 9.17) is 30.0 Å². The first-order valence-electron chi connectivity index (χ1n) is 35.7. The van der Waals surface area contributed by atoms with Crippen LogP contribution in [-0.2, 0) is 0 Å². The first-order chi connectivity index (χ1) is 49.6. The molecule has 0 radical (unpaired) electrons. The number of rotatable bonds is 34. The van der Waals surface area contributed by atoms with Crippen molar-refractivity contribution < 1.29 is 38.1 Å². The van der Waals surface area contributed by atoms with Gasteiger partial charge in [0, 0.05) is 106 Å². The smallest absolute Gasteiger partial charge is 0.261 e. The quantitative estimate of drug-likeness (QED) is 0.00724. The summed E-state index contributed by atoms with van der Waals surface area (Å²) in [5, 5.41) is 18.2. The fraction of sp³-hybridized carbons (Fsp3) is 0.350. The Morgan fingerprint density at radius 3 is 0.873 bits per heavy atom. The Kier molecular flexibility index (Phi) is 21.3. The lowest BCUT2D eigenvalue weighted by atomic mass is 9.80. The molecule has 4 aliphatic rings. The highest BCUT2D eigenvalue weighted by Gasteiger charge is 2.43. The van der Waals surface area contributed by atoms with Crippen molar-refractivity contribution in [3.63, 3.8) is 0 Å². The predicted molar refractivity (Wildman–Crippen MR) is 397 cm³/mol. The SMILES string of the molecule is Cc1ccc(Oc2cc3c4c(cc(Oc5ccc(C)cc5)c5c6c(Oc7ccc(C)cc7)cc7c8c(cc(Oc9ccc(C)cc9)c(c2c45)c86)C(=O)N(CC2=CN(CCCCCCCCCCN=[N+]=[N-])NN2C)C7=O)C(=O)N(CC2=CN(CCCCCCCCCCN=[N+]=[N-])NN2C)C3=O)cc1. The zero-order valence-electron chi connectivity index (χ0n) is 58.9. The molecule has 4 amide bonds. The van der Waals surface area contributed by atoms with Gasteiger partial charge in [-0.25, -0.2) is 0 Å². The van der Waals surface area contributed by atoms with Crippen molar-refractivity contribution in [2.45, 2.75) is 130 Å². The van der Waals surface area contributed by atoms with E-state index in [1.807, 2.05) is 171 Å². The number of carbonyl (C=O) groups is 4. The third kappa shape index (κ3) is 14.9. The van der Waals surface area contributed by atoms with Gasteiger partial charge in [0.15, 0.2) is 0 Å². The Bertz CT molecular complexity index is 4290. The highest BCUT2D eigenvalue weighted by molar-refractivity contribution is 6.45. The number of aryl methyl sites for hydroxylation is 4. The minimum atomic E-state index is -0.545. The third-order valence-electron chi connectivity index (χ3n) is 19.7. The molecule has 0 unspecified atom stereocenters. The number of nitrogens with zero attached hydrogens (tertiary/aromatic N) is 12. The number of nitrogens with one attached hydrogen (secondary N) is 2. The Morgan fingerprint density at radius 1 is 0.353 bits per heavy atom. The fourth-order valence-electron chi connectivity index (χ4n) is 14.2. The molecule has 0 fully saturated rings. The average Bonchev–Trinajstić information content (AvgIpc) is 0.726. The van der Waals surface area contributed by atoms with Gasteiger partial charge < -0.3 is 18.9 Å². The molecule has 524 valence electrons. The normalized spacial score (nSPS) is 14.3. The summed E-state index contributed by atoms with van der Waals surface area (Å²) in [6, 6.07) is 37.3. The van der Waals surface area contributed by atoms with E-state index in [9.17, 15) is 0 Å². The Morgan fingerprint density at radius 2 is 0.608 bits per heavy atom. The van der Waals surface area contributed by atoms with Gasteiger partial charge in [-0.15, -0.1) is 11.1 Å². The first kappa shape index (κ1) is 69.5. The molecule has 0 bridgehead atoms. The van der Waals surface area contributed by atoms with Crippen LogP contribution in [0.3, 0.4) is 0 Å². The molecule has 0 saturated carbocycles. The van der Waals surface area contributed by atoms with E-state index < -0.39 is 23.6 Å². The van der Waals surface area contributed by atoms with Crippen molar-refractivity contribution in [2.24, 2.45) is 10.2 Å². The van der Waals surface area contributed by atoms with Crippen molar-refractivity contribution in [1.82, 2.24) is 40.9 Å². The second kappa shape index (κ2) is 31.3. The second-order valence-electron chi connectivity index (χ2n) is 27.3. The number of imide groups is 2. The number of azide groups is 2. The lowest BCUT2D eigenvalue weighted by Crippen LogP contribution is -2.44. The Balaban J connectivity index is 0.958. The summed E-state index contributed by atoms with van der Waals surface area (Å²) in [6.45, 7) is 10.3. The molecular weight excluding hydrogens is 1280 g/mol. The molecule has 0 saturated heterocycles. The molecule has 4 aliphatic heterocycles. The maximum absolute atomic E-state index is 16.0. The lowest BCUT2D eigenvalue weighted by molar-refractivity contribution is 0.0593. The summed E-state index contributed by atoms with van der Waals surface area (Å²) in [6.07, 6.45) is 20.7. The number of hydrogen-bond acceptors (Lipinski definition) is 16. The van der Waals surface area contributed by atoms with Gasteiger partial charge in [0.05, 0.1) is 46.7 Å². The summed E-state index contributed by atoms with van der Waals surface area (Å²) in [7, 11) is 3.74. The molecule has 22 nitrogen and oxygen atoms in total. The van der Waals surface area contributed by atoms with Crippen LogP contribution in [0, 0.1) is 27.7 Å². The van der Waals surface area contributed by atoms with Crippen LogP contribution in [0.25, 0.3) is 64.0 Å². The van der Waals surface area contributed by atoms with Crippen molar-refractivity contribution in [1.29, 1.82) is 0 Å². The van der Waals surface area contributed by atoms with Crippen molar-refractivity contribution in [3.8, 4) is 46.0 Å². The summed E-state index contributed by atoms with van der Waals surface area (Å²) < 4.78 is 28.8. The number of ether oxygens (including phenoxy) is 4. The molecule has 0 atom stereocenters. The van der Waals surface area contributed by atoms with E-state index in [1.54, 1.807) is 24.3 Å². The summed E-state index contributed by atoms with van der Waals surface area (Å²) in [5.74, 6) is 0.584. The number of benzene rings is 9. The maximum Gasteiger partial charge on any atom is 0.261 e. The van der Waals surface area contributed by atoms with Gasteiger partial charge in [0.2, 0.25) is 0 Å². The van der Waals surface area contributed by atoms with Gasteiger partial charge in [-0.2, -0.15) is 0 Å². The minimum Gasteiger partial charge on any atom is -0.457 e. The molecule has 0 aliphatic carbocycles. The largest absolute Gasteiger partial charge is 0.457 e. The van der Waals surface area contributed by atoms with Gasteiger partial charge in [0.1, 0.15) is 46.0 Å². The van der Waals surface area contributed by atoms with Crippen LogP contribution in [0.2, 0.25) is 0 Å². The number of amides is 4. The third-order valence-corrected chi connectivity index (χ3v) is 19.7. The fourth-order valence-corrected chi connectivity index (χ4v) is 14.2. The molecule has 9 aromatic carbocycles. The van der Waals surface area contributed by atoms with Crippen molar-refractivity contribution in [2.75, 3.05) is 53.4 Å². The van der Waals surface area contributed by atoms with Crippen LogP contribution in [0.15, 0.2) is 155 Å². The number of likely N-dealkylation sites (N-methyl/N-ethyl adjacent to an activating group) is 2. The first-order valence-corrected chi connectivity index (χ1v) is 35.7. The van der Waals surface area contributed by atoms with Gasteiger partial charge in [-0.3, -0.25) is 49.0 Å². The standard InChI is InChI=1S/C80H86N14O8/c1-51-23-31-57(32-24-51)99-65-43-61-69-62(78(96)93(77(61)95)49-55-47-91(87-89(55)5)41-21-17-13-9-7-11-15-19-39-83-85-81)45-67(101-59-35-27-53(3)28-36-59)73-74-68(102-60-37-29-54(4)30-38-60)46-64-70-63(44-66(72(76(70)74)71(65)75(69)73)100-58-33-25-52(2)26-34-58)79(97)94(80(64)98)50-56-48-92(88-90(56)6)42-22-18-14-10-8-12-16-20-40-84-86-82/h23-38,43-48,87-88H,7-22,39-42,49-50H2,1-6H3. The Labute approximate surface area is 593 Å². The number of hydrogen-bond donors (Lipinski definition) is 2. The van der Waals surface area contributed by atoms with E-state index in [2.05, 4.69) is 31.1 Å². The maximum atomic E-state index is 16.0. The Hall–Kier alpha value is -11.0. The molecule has 0 spiro atoms. The molecule has 22 heteroatoms. The molecule has 13 rings (SSSR count). The molecule has 4 heterocycles. The highest BCUT2D eigenvalue weighted by atomic mass is 16.5. The average molecular weight is 1370 g/mol. The van der Waals surface area contributed by atoms with Gasteiger partial charge in [-0.05, 0) is 137 Å². The van der Waals surface area contributed by atoms with E-state index in [1.165, 1.54) is 9.80 Å². The molecular formula is C80H86N14O8. The van der Waals surface area contributed by atoms with Crippen LogP contribution in [0.1, 0.15) is 166 Å². The number of hydrazine groups is 4. The van der Waals surface area contributed by atoms with Crippen LogP contribution in [0.5, 0.6) is 46.0 Å². The summed E-state index contributed by atoms with van der Waals surface area (Å²) in [4.78, 5) is 72.1. The summed E-state index contributed by atoms with van der Waals surface area (Å²) >= 11 is 0. The zero-order chi connectivity index (χ0) is 71.0. The van der Waals surface area contributed by atoms with E-state index >= 15 is 19.2 Å². The number of carbonyl (C=O) groups excluding carboxylic acids is 4. The highest BCUT2D eigenvalue weighted by Crippen LogP contribution is 2.58.